The number of nitrogens with one attached hydrogen (secondary N) is 2. The molecule has 0 saturated carbocycles. The van der Waals surface area contributed by atoms with E-state index in [4.69, 9.17) is 0 Å². The van der Waals surface area contributed by atoms with Gasteiger partial charge in [0.05, 0.1) is 29.7 Å². The van der Waals surface area contributed by atoms with Gasteiger partial charge in [0.1, 0.15) is 5.69 Å². The van der Waals surface area contributed by atoms with Gasteiger partial charge >= 0.3 is 6.18 Å². The van der Waals surface area contributed by atoms with Crippen molar-refractivity contribution in [1.82, 2.24) is 24.8 Å². The highest BCUT2D eigenvalue weighted by Gasteiger charge is 2.36. The van der Waals surface area contributed by atoms with Crippen molar-refractivity contribution >= 4 is 33.7 Å². The van der Waals surface area contributed by atoms with E-state index in [0.29, 0.717) is 16.9 Å². The lowest BCUT2D eigenvalue weighted by molar-refractivity contribution is -0.138. The minimum Gasteiger partial charge on any atom is -0.354 e. The van der Waals surface area contributed by atoms with Crippen LogP contribution in [0.2, 0.25) is 0 Å². The smallest absolute Gasteiger partial charge is 0.354 e. The van der Waals surface area contributed by atoms with Crippen LogP contribution in [0.5, 0.6) is 0 Å². The number of nitrogens with zero attached hydrogens (tertiary/aromatic N) is 4. The molecule has 1 aliphatic rings. The molecule has 2 aromatic heterocycles. The summed E-state index contributed by atoms with van der Waals surface area (Å²) in [4.78, 5) is 49.3. The number of carbonyl (C=O) groups excluding carboxylic acids is 2. The molecule has 3 heterocycles. The molecule has 9 nitrogen and oxygen atoms in total. The van der Waals surface area contributed by atoms with Crippen LogP contribution in [0.3, 0.4) is 0 Å². The number of pyridine rings is 1. The molecule has 2 N–H and O–H groups in total. The van der Waals surface area contributed by atoms with E-state index in [1.54, 1.807) is 26.0 Å². The number of aromatic nitrogens is 3. The Hall–Kier alpha value is -4.00. The van der Waals surface area contributed by atoms with Gasteiger partial charge in [-0.2, -0.15) is 13.2 Å². The molecular weight excluding hydrogens is 593 g/mol. The van der Waals surface area contributed by atoms with Gasteiger partial charge in [-0.3, -0.25) is 14.4 Å². The van der Waals surface area contributed by atoms with E-state index in [-0.39, 0.29) is 52.2 Å². The number of hydrogen-bond acceptors (Lipinski definition) is 6. The maximum Gasteiger partial charge on any atom is 0.417 e. The average molecular weight is 619 g/mol. The van der Waals surface area contributed by atoms with Crippen LogP contribution in [0.4, 0.5) is 19.1 Å². The fraction of sp³-hybridized carbons (Fsp3) is 0.296. The molecule has 2 atom stereocenters. The van der Waals surface area contributed by atoms with Gasteiger partial charge in [0, 0.05) is 34.7 Å². The Bertz CT molecular complexity index is 1540. The molecule has 0 fully saturated rings. The molecule has 2 amide bonds. The summed E-state index contributed by atoms with van der Waals surface area (Å²) >= 11 is 2.90. The quantitative estimate of drug-likeness (QED) is 0.398. The van der Waals surface area contributed by atoms with E-state index in [1.807, 2.05) is 0 Å². The van der Waals surface area contributed by atoms with E-state index in [2.05, 4.69) is 43.1 Å². The van der Waals surface area contributed by atoms with Gasteiger partial charge in [-0.1, -0.05) is 22.0 Å². The molecule has 13 heteroatoms. The molecule has 0 radical (unpaired) electrons. The van der Waals surface area contributed by atoms with Crippen LogP contribution in [0, 0.1) is 0 Å². The SMILES string of the molecule is C=CC(C)Nc1nc2c(c(=O)n1-c1ccc(C(=O)NC)nc1)CC(C)N(C(=O)c1ccc(Br)c(C(F)(F)F)c1)C2. The predicted octanol–water partition coefficient (Wildman–Crippen LogP) is 4.34. The summed E-state index contributed by atoms with van der Waals surface area (Å²) in [6, 6.07) is 5.59. The number of hydrogen-bond donors (Lipinski definition) is 2. The van der Waals surface area contributed by atoms with E-state index >= 15 is 0 Å². The average Bonchev–Trinajstić information content (AvgIpc) is 2.92. The Balaban J connectivity index is 1.76. The molecule has 40 heavy (non-hydrogen) atoms. The van der Waals surface area contributed by atoms with Gasteiger partial charge in [0.25, 0.3) is 17.4 Å². The van der Waals surface area contributed by atoms with Crippen molar-refractivity contribution in [2.24, 2.45) is 0 Å². The van der Waals surface area contributed by atoms with Crippen LogP contribution < -0.4 is 16.2 Å². The Morgan fingerprint density at radius 3 is 2.58 bits per heavy atom. The molecule has 4 rings (SSSR count). The number of fused-ring (bicyclic) bond motifs is 1. The van der Waals surface area contributed by atoms with Crippen LogP contribution >= 0.6 is 15.9 Å². The predicted molar refractivity (Wildman–Crippen MR) is 146 cm³/mol. The van der Waals surface area contributed by atoms with Gasteiger partial charge in [0.15, 0.2) is 0 Å². The summed E-state index contributed by atoms with van der Waals surface area (Å²) < 4.78 is 41.5. The van der Waals surface area contributed by atoms with Crippen molar-refractivity contribution in [1.29, 1.82) is 0 Å². The first-order chi connectivity index (χ1) is 18.8. The number of benzene rings is 1. The second kappa shape index (κ2) is 11.2. The van der Waals surface area contributed by atoms with Crippen LogP contribution in [0.15, 0.2) is 58.5 Å². The first kappa shape index (κ1) is 29.0. The Morgan fingerprint density at radius 2 is 1.98 bits per heavy atom. The third kappa shape index (κ3) is 5.64. The summed E-state index contributed by atoms with van der Waals surface area (Å²) in [6.45, 7) is 7.20. The van der Waals surface area contributed by atoms with E-state index in [0.717, 1.165) is 6.07 Å². The molecular formula is C27H26BrF3N6O3. The Labute approximate surface area is 236 Å². The minimum absolute atomic E-state index is 0.0756. The molecule has 1 aliphatic heterocycles. The summed E-state index contributed by atoms with van der Waals surface area (Å²) in [5.74, 6) is -0.825. The van der Waals surface area contributed by atoms with Gasteiger partial charge in [-0.05, 0) is 50.6 Å². The lowest BCUT2D eigenvalue weighted by Gasteiger charge is -2.35. The number of rotatable bonds is 6. The number of alkyl halides is 3. The van der Waals surface area contributed by atoms with Crippen molar-refractivity contribution in [3.8, 4) is 5.69 Å². The van der Waals surface area contributed by atoms with Crippen molar-refractivity contribution < 1.29 is 22.8 Å². The first-order valence-corrected chi connectivity index (χ1v) is 13.0. The monoisotopic (exact) mass is 618 g/mol. The molecule has 210 valence electrons. The van der Waals surface area contributed by atoms with Crippen molar-refractivity contribution in [2.75, 3.05) is 12.4 Å². The first-order valence-electron chi connectivity index (χ1n) is 12.3. The standard InChI is InChI=1S/C27H26BrF3N6O3/c1-5-14(2)34-26-35-22-13-36(24(39)16-6-8-20(28)19(11-16)27(29,30)31)15(3)10-18(22)25(40)37(26)17-7-9-21(33-12-17)23(38)32-4/h5-9,11-12,14-15H,1,10,13H2,2-4H3,(H,32,38)(H,34,35). The molecule has 1 aromatic carbocycles. The zero-order valence-electron chi connectivity index (χ0n) is 21.8. The molecule has 0 spiro atoms. The van der Waals surface area contributed by atoms with E-state index < -0.39 is 23.7 Å². The van der Waals surface area contributed by atoms with Crippen molar-refractivity contribution in [3.05, 3.63) is 92.1 Å². The van der Waals surface area contributed by atoms with Crippen LogP contribution in [0.1, 0.15) is 51.5 Å². The molecule has 0 saturated heterocycles. The summed E-state index contributed by atoms with van der Waals surface area (Å²) in [7, 11) is 1.48. The van der Waals surface area contributed by atoms with Crippen molar-refractivity contribution in [2.45, 2.75) is 45.1 Å². The maximum absolute atomic E-state index is 13.8. The third-order valence-electron chi connectivity index (χ3n) is 6.57. The Morgan fingerprint density at radius 1 is 1.25 bits per heavy atom. The van der Waals surface area contributed by atoms with Gasteiger partial charge in [-0.25, -0.2) is 14.5 Å². The zero-order chi connectivity index (χ0) is 29.4. The van der Waals surface area contributed by atoms with Crippen LogP contribution in [-0.2, 0) is 19.1 Å². The van der Waals surface area contributed by atoms with E-state index in [1.165, 1.54) is 40.9 Å². The second-order valence-corrected chi connectivity index (χ2v) is 10.2. The fourth-order valence-corrected chi connectivity index (χ4v) is 4.82. The highest BCUT2D eigenvalue weighted by Crippen LogP contribution is 2.36. The van der Waals surface area contributed by atoms with Gasteiger partial charge in [-0.15, -0.1) is 6.58 Å². The summed E-state index contributed by atoms with van der Waals surface area (Å²) in [6.07, 6.45) is -1.50. The van der Waals surface area contributed by atoms with Crippen molar-refractivity contribution in [3.63, 3.8) is 0 Å². The number of halogens is 4. The Kier molecular flexibility index (Phi) is 8.15. The minimum atomic E-state index is -4.64. The summed E-state index contributed by atoms with van der Waals surface area (Å²) in [5.41, 5.74) is -0.230. The molecule has 2 unspecified atom stereocenters. The van der Waals surface area contributed by atoms with E-state index in [9.17, 15) is 27.6 Å². The number of carbonyl (C=O) groups is 2. The maximum atomic E-state index is 13.8. The molecule has 0 aliphatic carbocycles. The summed E-state index contributed by atoms with van der Waals surface area (Å²) in [5, 5.41) is 5.59. The lowest BCUT2D eigenvalue weighted by Crippen LogP contribution is -2.46. The highest BCUT2D eigenvalue weighted by molar-refractivity contribution is 9.10. The normalized spacial score (nSPS) is 15.7. The van der Waals surface area contributed by atoms with Gasteiger partial charge in [0.2, 0.25) is 5.95 Å². The molecule has 0 bridgehead atoms. The highest BCUT2D eigenvalue weighted by atomic mass is 79.9. The molecule has 3 aromatic rings. The fourth-order valence-electron chi connectivity index (χ4n) is 4.35. The largest absolute Gasteiger partial charge is 0.417 e. The lowest BCUT2D eigenvalue weighted by atomic mass is 9.98. The van der Waals surface area contributed by atoms with Gasteiger partial charge < -0.3 is 15.5 Å². The number of anilines is 1. The van der Waals surface area contributed by atoms with Crippen LogP contribution in [0.25, 0.3) is 5.69 Å². The third-order valence-corrected chi connectivity index (χ3v) is 7.26. The second-order valence-electron chi connectivity index (χ2n) is 9.33. The zero-order valence-corrected chi connectivity index (χ0v) is 23.4. The topological polar surface area (TPSA) is 109 Å². The van der Waals surface area contributed by atoms with Crippen LogP contribution in [-0.4, -0.2) is 50.4 Å². The number of amides is 2.